The van der Waals surface area contributed by atoms with Crippen molar-refractivity contribution in [1.29, 1.82) is 5.26 Å². The first-order valence-electron chi connectivity index (χ1n) is 9.44. The third-order valence-corrected chi connectivity index (χ3v) is 8.36. The minimum atomic E-state index is -3.22. The number of carbonyl (C=O) groups is 1. The van der Waals surface area contributed by atoms with E-state index in [2.05, 4.69) is 4.99 Å². The van der Waals surface area contributed by atoms with Crippen LogP contribution in [0.2, 0.25) is 5.02 Å². The number of nitriles is 1. The van der Waals surface area contributed by atoms with Crippen LogP contribution in [0.15, 0.2) is 47.5 Å². The van der Waals surface area contributed by atoms with Gasteiger partial charge in [-0.3, -0.25) is 4.79 Å². The summed E-state index contributed by atoms with van der Waals surface area (Å²) in [6.07, 6.45) is -0.353. The number of anilines is 1. The fourth-order valence-electron chi connectivity index (χ4n) is 3.63. The normalized spacial score (nSPS) is 22.9. The Bertz CT molecular complexity index is 1220. The number of amides is 1. The smallest absolute Gasteiger partial charge is 0.262 e. The van der Waals surface area contributed by atoms with Crippen LogP contribution in [0.4, 0.5) is 5.69 Å². The average Bonchev–Trinajstić information content (AvgIpc) is 3.14. The van der Waals surface area contributed by atoms with Gasteiger partial charge in [0.1, 0.15) is 12.2 Å². The molecule has 7 nitrogen and oxygen atoms in total. The van der Waals surface area contributed by atoms with Crippen LogP contribution in [0, 0.1) is 18.3 Å². The fourth-order valence-corrected chi connectivity index (χ4v) is 7.72. The lowest BCUT2D eigenvalue weighted by molar-refractivity contribution is -0.116. The number of amidine groups is 1. The summed E-state index contributed by atoms with van der Waals surface area (Å²) in [7, 11) is -3.22. The average molecular weight is 476 g/mol. The highest BCUT2D eigenvalue weighted by Crippen LogP contribution is 2.45. The number of aliphatic imine (C=N–C) groups is 1. The molecule has 0 saturated carbocycles. The number of ether oxygens (including phenoxy) is 1. The Morgan fingerprint density at radius 1 is 1.32 bits per heavy atom. The van der Waals surface area contributed by atoms with Crippen molar-refractivity contribution in [2.24, 2.45) is 4.99 Å². The Hall–Kier alpha value is -2.54. The van der Waals surface area contributed by atoms with Crippen LogP contribution in [0.1, 0.15) is 12.0 Å². The van der Waals surface area contributed by atoms with E-state index in [4.69, 9.17) is 21.6 Å². The van der Waals surface area contributed by atoms with Crippen molar-refractivity contribution in [2.45, 2.75) is 24.6 Å². The van der Waals surface area contributed by atoms with Gasteiger partial charge in [-0.25, -0.2) is 8.42 Å². The predicted molar refractivity (Wildman–Crippen MR) is 122 cm³/mol. The molecule has 31 heavy (non-hydrogen) atoms. The molecule has 4 rings (SSSR count). The van der Waals surface area contributed by atoms with Gasteiger partial charge in [-0.15, -0.1) is 0 Å². The number of aryl methyl sites for hydroxylation is 1. The van der Waals surface area contributed by atoms with Crippen LogP contribution in [0.3, 0.4) is 0 Å². The minimum absolute atomic E-state index is 0.00106. The number of rotatable bonds is 4. The van der Waals surface area contributed by atoms with Crippen molar-refractivity contribution in [2.75, 3.05) is 16.4 Å². The minimum Gasteiger partial charge on any atom is -0.455 e. The molecule has 0 radical (unpaired) electrons. The van der Waals surface area contributed by atoms with Crippen molar-refractivity contribution in [3.63, 3.8) is 0 Å². The number of halogens is 1. The van der Waals surface area contributed by atoms with Crippen molar-refractivity contribution >= 4 is 50.0 Å². The van der Waals surface area contributed by atoms with E-state index in [1.54, 1.807) is 29.2 Å². The lowest BCUT2D eigenvalue weighted by Crippen LogP contribution is -2.38. The first-order valence-corrected chi connectivity index (χ1v) is 12.5. The van der Waals surface area contributed by atoms with E-state index in [1.165, 1.54) is 11.8 Å². The molecule has 0 unspecified atom stereocenters. The van der Waals surface area contributed by atoms with Gasteiger partial charge >= 0.3 is 0 Å². The van der Waals surface area contributed by atoms with Crippen molar-refractivity contribution in [3.05, 3.63) is 53.1 Å². The molecular formula is C21H18ClN3O4S2. The third-order valence-electron chi connectivity index (χ3n) is 4.92. The summed E-state index contributed by atoms with van der Waals surface area (Å²) in [6.45, 7) is 1.95. The summed E-state index contributed by atoms with van der Waals surface area (Å²) in [6, 6.07) is 14.0. The Labute approximate surface area is 189 Å². The number of benzene rings is 2. The highest BCUT2D eigenvalue weighted by Gasteiger charge is 2.50. The molecule has 0 aliphatic carbocycles. The van der Waals surface area contributed by atoms with Gasteiger partial charge in [0.15, 0.2) is 20.8 Å². The number of carbonyl (C=O) groups excluding carboxylic acids is 1. The molecule has 2 saturated heterocycles. The Kier molecular flexibility index (Phi) is 5.97. The molecule has 0 bridgehead atoms. The van der Waals surface area contributed by atoms with E-state index in [-0.39, 0.29) is 23.2 Å². The van der Waals surface area contributed by atoms with Crippen LogP contribution in [-0.2, 0) is 14.6 Å². The number of hydrogen-bond acceptors (Lipinski definition) is 6. The Morgan fingerprint density at radius 3 is 2.87 bits per heavy atom. The maximum atomic E-state index is 12.3. The molecule has 10 heteroatoms. The second kappa shape index (κ2) is 8.54. The molecule has 2 atom stereocenters. The molecule has 160 valence electrons. The number of nitrogens with zero attached hydrogens (tertiary/aromatic N) is 3. The number of thioether (sulfide) groups is 1. The molecular weight excluding hydrogens is 458 g/mol. The highest BCUT2D eigenvalue weighted by molar-refractivity contribution is 8.16. The molecule has 2 aliphatic rings. The number of sulfone groups is 1. The maximum Gasteiger partial charge on any atom is 0.262 e. The van der Waals surface area contributed by atoms with Crippen LogP contribution in [0.5, 0.6) is 11.5 Å². The van der Waals surface area contributed by atoms with Crippen molar-refractivity contribution < 1.29 is 17.9 Å². The zero-order chi connectivity index (χ0) is 22.2. The van der Waals surface area contributed by atoms with Gasteiger partial charge in [0.2, 0.25) is 0 Å². The van der Waals surface area contributed by atoms with E-state index in [9.17, 15) is 13.2 Å². The molecule has 1 amide bonds. The lowest BCUT2D eigenvalue weighted by atomic mass is 10.2. The molecule has 2 aromatic rings. The van der Waals surface area contributed by atoms with Gasteiger partial charge in [0, 0.05) is 10.3 Å². The van der Waals surface area contributed by atoms with E-state index >= 15 is 0 Å². The number of hydrogen-bond donors (Lipinski definition) is 0. The molecule has 2 fully saturated rings. The predicted octanol–water partition coefficient (Wildman–Crippen LogP) is 3.96. The van der Waals surface area contributed by atoms with Gasteiger partial charge in [-0.1, -0.05) is 35.5 Å². The summed E-state index contributed by atoms with van der Waals surface area (Å²) >= 11 is 7.50. The van der Waals surface area contributed by atoms with Crippen molar-refractivity contribution in [1.82, 2.24) is 0 Å². The molecule has 2 aliphatic heterocycles. The SMILES string of the molecule is Cc1cccc(Oc2ccc(Cl)cc2N2C(=NC(=O)CC#N)S[C@H]3CS(=O)(=O)C[C@@H]32)c1. The van der Waals surface area contributed by atoms with Gasteiger partial charge in [0.05, 0.1) is 29.3 Å². The zero-order valence-corrected chi connectivity index (χ0v) is 18.9. The van der Waals surface area contributed by atoms with E-state index in [0.29, 0.717) is 27.4 Å². The number of fused-ring (bicyclic) bond motifs is 1. The standard InChI is InChI=1S/C21H18ClN3O4S2/c1-13-3-2-4-15(9-13)29-18-6-5-14(22)10-16(18)25-17-11-31(27,28)12-19(17)30-21(25)24-20(26)7-8-23/h2-6,9-10,17,19H,7,11-12H2,1H3/t17-,19-/m0/s1. The molecule has 0 spiro atoms. The lowest BCUT2D eigenvalue weighted by Gasteiger charge is -2.26. The summed E-state index contributed by atoms with van der Waals surface area (Å²) in [4.78, 5) is 17.9. The van der Waals surface area contributed by atoms with Gasteiger partial charge < -0.3 is 9.64 Å². The summed E-state index contributed by atoms with van der Waals surface area (Å²) < 4.78 is 30.7. The molecule has 0 N–H and O–H groups in total. The summed E-state index contributed by atoms with van der Waals surface area (Å²) in [5.74, 6) is 0.429. The first-order chi connectivity index (χ1) is 14.8. The van der Waals surface area contributed by atoms with Gasteiger partial charge in [-0.05, 0) is 42.8 Å². The second-order valence-corrected chi connectivity index (χ2v) is 11.1. The van der Waals surface area contributed by atoms with Crippen LogP contribution >= 0.6 is 23.4 Å². The largest absolute Gasteiger partial charge is 0.455 e. The first kappa shape index (κ1) is 21.7. The highest BCUT2D eigenvalue weighted by atomic mass is 35.5. The molecule has 0 aromatic heterocycles. The Balaban J connectivity index is 1.79. The second-order valence-electron chi connectivity index (χ2n) is 7.32. The van der Waals surface area contributed by atoms with Crippen LogP contribution in [0.25, 0.3) is 0 Å². The van der Waals surface area contributed by atoms with Gasteiger partial charge in [-0.2, -0.15) is 10.3 Å². The summed E-state index contributed by atoms with van der Waals surface area (Å²) in [5.41, 5.74) is 1.55. The maximum absolute atomic E-state index is 12.3. The monoisotopic (exact) mass is 475 g/mol. The van der Waals surface area contributed by atoms with Crippen LogP contribution in [-0.4, -0.2) is 42.3 Å². The molecule has 2 heterocycles. The fraction of sp³-hybridized carbons (Fsp3) is 0.286. The van der Waals surface area contributed by atoms with E-state index in [1.807, 2.05) is 31.2 Å². The van der Waals surface area contributed by atoms with Crippen molar-refractivity contribution in [3.8, 4) is 17.6 Å². The van der Waals surface area contributed by atoms with Crippen LogP contribution < -0.4 is 9.64 Å². The summed E-state index contributed by atoms with van der Waals surface area (Å²) in [5, 5.41) is 9.32. The zero-order valence-electron chi connectivity index (χ0n) is 16.5. The molecule has 2 aromatic carbocycles. The quantitative estimate of drug-likeness (QED) is 0.659. The van der Waals surface area contributed by atoms with E-state index in [0.717, 1.165) is 5.56 Å². The third kappa shape index (κ3) is 4.71. The Morgan fingerprint density at radius 2 is 2.13 bits per heavy atom. The van der Waals surface area contributed by atoms with Gasteiger partial charge in [0.25, 0.3) is 5.91 Å². The van der Waals surface area contributed by atoms with E-state index < -0.39 is 21.8 Å². The topological polar surface area (TPSA) is 99.8 Å².